The summed E-state index contributed by atoms with van der Waals surface area (Å²) in [6.07, 6.45) is 7.30. The van der Waals surface area contributed by atoms with E-state index in [4.69, 9.17) is 4.74 Å². The molecule has 5 rings (SSSR count). The van der Waals surface area contributed by atoms with E-state index in [1.807, 2.05) is 13.0 Å². The molecule has 33 heavy (non-hydrogen) atoms. The van der Waals surface area contributed by atoms with Crippen LogP contribution in [0.2, 0.25) is 0 Å². The average Bonchev–Trinajstić information content (AvgIpc) is 3.20. The zero-order chi connectivity index (χ0) is 22.9. The lowest BCUT2D eigenvalue weighted by Crippen LogP contribution is -2.42. The number of pyridine rings is 1. The molecule has 9 heteroatoms. The minimum absolute atomic E-state index is 0.297. The van der Waals surface area contributed by atoms with Gasteiger partial charge < -0.3 is 24.7 Å². The number of aromatic nitrogens is 4. The summed E-state index contributed by atoms with van der Waals surface area (Å²) < 4.78 is 22.0. The molecule has 0 spiro atoms. The number of fused-ring (bicyclic) bond motifs is 2. The number of imidazole rings is 1. The first kappa shape index (κ1) is 21.4. The molecule has 0 saturated carbocycles. The quantitative estimate of drug-likeness (QED) is 0.460. The first-order chi connectivity index (χ1) is 16.1. The van der Waals surface area contributed by atoms with Crippen molar-refractivity contribution in [1.29, 1.82) is 0 Å². The van der Waals surface area contributed by atoms with Gasteiger partial charge in [0.2, 0.25) is 0 Å². The van der Waals surface area contributed by atoms with Gasteiger partial charge in [-0.3, -0.25) is 0 Å². The second-order valence-corrected chi connectivity index (χ2v) is 8.40. The summed E-state index contributed by atoms with van der Waals surface area (Å²) in [6.45, 7) is 6.94. The van der Waals surface area contributed by atoms with Crippen LogP contribution in [0.3, 0.4) is 0 Å². The Balaban J connectivity index is 1.48. The second kappa shape index (κ2) is 8.82. The molecule has 0 aliphatic carbocycles. The van der Waals surface area contributed by atoms with Crippen LogP contribution in [-0.2, 0) is 0 Å². The van der Waals surface area contributed by atoms with Crippen molar-refractivity contribution in [1.82, 2.24) is 24.7 Å². The second-order valence-electron chi connectivity index (χ2n) is 8.40. The number of piperidine rings is 1. The third-order valence-corrected chi connectivity index (χ3v) is 6.15. The maximum Gasteiger partial charge on any atom is 0.173 e. The van der Waals surface area contributed by atoms with Crippen LogP contribution in [-0.4, -0.2) is 52.1 Å². The summed E-state index contributed by atoms with van der Waals surface area (Å²) in [5.74, 6) is 0.839. The van der Waals surface area contributed by atoms with Gasteiger partial charge in [-0.05, 0) is 32.4 Å². The summed E-state index contributed by atoms with van der Waals surface area (Å²) in [4.78, 5) is 15.5. The number of hydrogen-bond acceptors (Lipinski definition) is 7. The maximum atomic E-state index is 14.6. The molecule has 2 N–H and O–H groups in total. The van der Waals surface area contributed by atoms with Crippen molar-refractivity contribution in [2.45, 2.75) is 32.7 Å². The van der Waals surface area contributed by atoms with Crippen LogP contribution in [0.25, 0.3) is 16.6 Å². The molecule has 0 unspecified atom stereocenters. The number of nitrogens with one attached hydrogen (secondary N) is 2. The highest BCUT2D eigenvalue weighted by molar-refractivity contribution is 5.98. The smallest absolute Gasteiger partial charge is 0.173 e. The number of methoxy groups -OCH3 is 1. The normalized spacial score (nSPS) is 14.8. The van der Waals surface area contributed by atoms with Crippen molar-refractivity contribution in [2.75, 3.05) is 37.0 Å². The number of nitrogens with zero attached hydrogens (tertiary/aromatic N) is 5. The lowest BCUT2D eigenvalue weighted by Gasteiger charge is -2.34. The topological polar surface area (TPSA) is 79.6 Å². The molecule has 1 aliphatic heterocycles. The summed E-state index contributed by atoms with van der Waals surface area (Å²) in [5, 5.41) is 7.54. The number of ether oxygens (including phenoxy) is 1. The highest BCUT2D eigenvalue weighted by Gasteiger charge is 2.21. The first-order valence-corrected chi connectivity index (χ1v) is 11.3. The Kier molecular flexibility index (Phi) is 5.72. The van der Waals surface area contributed by atoms with E-state index in [9.17, 15) is 4.39 Å². The molecule has 4 heterocycles. The Morgan fingerprint density at radius 1 is 1.15 bits per heavy atom. The minimum atomic E-state index is -0.401. The molecule has 1 aromatic carbocycles. The van der Waals surface area contributed by atoms with Crippen molar-refractivity contribution < 1.29 is 9.13 Å². The van der Waals surface area contributed by atoms with Crippen LogP contribution in [0.4, 0.5) is 21.6 Å². The lowest BCUT2D eigenvalue weighted by molar-refractivity contribution is 0.416. The number of rotatable bonds is 6. The van der Waals surface area contributed by atoms with E-state index in [1.54, 1.807) is 23.9 Å². The maximum absolute atomic E-state index is 14.6. The molecule has 0 bridgehead atoms. The predicted octanol–water partition coefficient (Wildman–Crippen LogP) is 4.06. The van der Waals surface area contributed by atoms with Gasteiger partial charge in [0.25, 0.3) is 0 Å². The largest absolute Gasteiger partial charge is 0.496 e. The zero-order valence-electron chi connectivity index (χ0n) is 19.1. The predicted molar refractivity (Wildman–Crippen MR) is 128 cm³/mol. The SMILES string of the molecule is CCNC1CCN(c2cc(OC)c3c(Nc4cc(F)c5nc(C)cn5c4)ncnc3c2)CC1. The zero-order valence-corrected chi connectivity index (χ0v) is 19.1. The van der Waals surface area contributed by atoms with E-state index >= 15 is 0 Å². The Morgan fingerprint density at radius 3 is 2.73 bits per heavy atom. The van der Waals surface area contributed by atoms with Gasteiger partial charge in [-0.15, -0.1) is 0 Å². The van der Waals surface area contributed by atoms with Crippen molar-refractivity contribution in [2.24, 2.45) is 0 Å². The Morgan fingerprint density at radius 2 is 1.97 bits per heavy atom. The van der Waals surface area contributed by atoms with Gasteiger partial charge >= 0.3 is 0 Å². The molecule has 3 aromatic heterocycles. The van der Waals surface area contributed by atoms with Crippen LogP contribution in [0, 0.1) is 12.7 Å². The highest BCUT2D eigenvalue weighted by atomic mass is 19.1. The van der Waals surface area contributed by atoms with Gasteiger partial charge in [-0.25, -0.2) is 19.3 Å². The Labute approximate surface area is 191 Å². The molecule has 1 aliphatic rings. The molecule has 0 amide bonds. The lowest BCUT2D eigenvalue weighted by atomic mass is 10.0. The van der Waals surface area contributed by atoms with Gasteiger partial charge in [-0.1, -0.05) is 6.92 Å². The molecule has 8 nitrogen and oxygen atoms in total. The fourth-order valence-corrected chi connectivity index (χ4v) is 4.59. The summed E-state index contributed by atoms with van der Waals surface area (Å²) in [6, 6.07) is 6.10. The molecule has 0 radical (unpaired) electrons. The van der Waals surface area contributed by atoms with Gasteiger partial charge in [0.15, 0.2) is 11.5 Å². The van der Waals surface area contributed by atoms with Gasteiger partial charge in [-0.2, -0.15) is 0 Å². The fraction of sp³-hybridized carbons (Fsp3) is 0.375. The van der Waals surface area contributed by atoms with Crippen LogP contribution >= 0.6 is 0 Å². The summed E-state index contributed by atoms with van der Waals surface area (Å²) in [7, 11) is 1.65. The monoisotopic (exact) mass is 449 g/mol. The van der Waals surface area contributed by atoms with E-state index in [0.29, 0.717) is 28.9 Å². The molecule has 172 valence electrons. The van der Waals surface area contributed by atoms with Crippen molar-refractivity contribution in [3.63, 3.8) is 0 Å². The average molecular weight is 450 g/mol. The van der Waals surface area contributed by atoms with E-state index in [1.165, 1.54) is 12.4 Å². The summed E-state index contributed by atoms with van der Waals surface area (Å²) in [5.41, 5.74) is 3.47. The van der Waals surface area contributed by atoms with Crippen LogP contribution < -0.4 is 20.3 Å². The third-order valence-electron chi connectivity index (χ3n) is 6.15. The first-order valence-electron chi connectivity index (χ1n) is 11.3. The minimum Gasteiger partial charge on any atom is -0.496 e. The number of aryl methyl sites for hydroxylation is 1. The van der Waals surface area contributed by atoms with Crippen molar-refractivity contribution >= 4 is 33.7 Å². The molecule has 0 atom stereocenters. The van der Waals surface area contributed by atoms with Crippen LogP contribution in [0.5, 0.6) is 5.75 Å². The number of anilines is 3. The van der Waals surface area contributed by atoms with E-state index in [0.717, 1.165) is 54.8 Å². The highest BCUT2D eigenvalue weighted by Crippen LogP contribution is 2.36. The molecular weight excluding hydrogens is 421 g/mol. The molecule has 1 fully saturated rings. The third kappa shape index (κ3) is 4.16. The van der Waals surface area contributed by atoms with Crippen LogP contribution in [0.1, 0.15) is 25.5 Å². The van der Waals surface area contributed by atoms with Crippen molar-refractivity contribution in [3.8, 4) is 5.75 Å². The number of benzene rings is 1. The van der Waals surface area contributed by atoms with Gasteiger partial charge in [0.1, 0.15) is 17.9 Å². The van der Waals surface area contributed by atoms with Crippen molar-refractivity contribution in [3.05, 3.63) is 48.4 Å². The number of hydrogen-bond donors (Lipinski definition) is 2. The standard InChI is InChI=1S/C24H28FN7O/c1-4-26-16-5-7-31(8-6-16)18-10-20-22(21(11-18)33-3)23(28-14-27-20)30-17-9-19(25)24-29-15(2)12-32(24)13-17/h9-14,16,26H,4-8H2,1-3H3,(H,27,28,30). The Hall–Kier alpha value is -3.46. The van der Waals surface area contributed by atoms with E-state index in [2.05, 4.69) is 43.5 Å². The van der Waals surface area contributed by atoms with Gasteiger partial charge in [0.05, 0.1) is 29.4 Å². The van der Waals surface area contributed by atoms with Crippen LogP contribution in [0.15, 0.2) is 36.9 Å². The van der Waals surface area contributed by atoms with E-state index in [-0.39, 0.29) is 0 Å². The number of halogens is 1. The Bertz CT molecular complexity index is 1300. The molecule has 4 aromatic rings. The summed E-state index contributed by atoms with van der Waals surface area (Å²) >= 11 is 0. The molecule has 1 saturated heterocycles. The van der Waals surface area contributed by atoms with E-state index < -0.39 is 5.82 Å². The van der Waals surface area contributed by atoms with Gasteiger partial charge in [0, 0.05) is 49.3 Å². The molecular formula is C24H28FN7O. The fourth-order valence-electron chi connectivity index (χ4n) is 4.59.